The Balaban J connectivity index is 2.63. The predicted molar refractivity (Wildman–Crippen MR) is 63.3 cm³/mol. The van der Waals surface area contributed by atoms with E-state index in [4.69, 9.17) is 11.6 Å². The maximum absolute atomic E-state index is 10.0. The second-order valence-electron chi connectivity index (χ2n) is 3.83. The third-order valence-corrected chi connectivity index (χ3v) is 2.91. The molecule has 80 valence electrons. The van der Waals surface area contributed by atoms with Crippen molar-refractivity contribution in [1.29, 1.82) is 0 Å². The zero-order valence-electron chi connectivity index (χ0n) is 8.79. The minimum Gasteiger partial charge on any atom is -0.387 e. The van der Waals surface area contributed by atoms with Crippen LogP contribution in [0.25, 0.3) is 10.9 Å². The smallest absolute Gasteiger partial charge is 0.0973 e. The zero-order valence-corrected chi connectivity index (χ0v) is 9.55. The third-order valence-electron chi connectivity index (χ3n) is 2.67. The van der Waals surface area contributed by atoms with Gasteiger partial charge >= 0.3 is 0 Å². The number of fused-ring (bicyclic) bond motifs is 1. The number of rotatable bonds is 2. The highest BCUT2D eigenvalue weighted by Gasteiger charge is 2.20. The van der Waals surface area contributed by atoms with Gasteiger partial charge in [-0.05, 0) is 19.9 Å². The first-order chi connectivity index (χ1) is 7.11. The number of benzene rings is 1. The molecule has 1 aromatic heterocycles. The van der Waals surface area contributed by atoms with Crippen molar-refractivity contribution in [2.24, 2.45) is 0 Å². The molecule has 3 heteroatoms. The molecule has 0 bridgehead atoms. The van der Waals surface area contributed by atoms with Crippen LogP contribution in [0.2, 0.25) is 0 Å². The highest BCUT2D eigenvalue weighted by atomic mass is 35.5. The van der Waals surface area contributed by atoms with E-state index < -0.39 is 6.10 Å². The van der Waals surface area contributed by atoms with Gasteiger partial charge in [-0.2, -0.15) is 0 Å². The van der Waals surface area contributed by atoms with Gasteiger partial charge in [0.1, 0.15) is 0 Å². The van der Waals surface area contributed by atoms with E-state index in [2.05, 4.69) is 4.98 Å². The lowest BCUT2D eigenvalue weighted by molar-refractivity contribution is 0.178. The first-order valence-corrected chi connectivity index (χ1v) is 5.44. The van der Waals surface area contributed by atoms with Gasteiger partial charge in [-0.3, -0.25) is 0 Å². The van der Waals surface area contributed by atoms with Gasteiger partial charge in [0.2, 0.25) is 0 Å². The fourth-order valence-electron chi connectivity index (χ4n) is 1.91. The maximum Gasteiger partial charge on any atom is 0.0973 e. The lowest BCUT2D eigenvalue weighted by Gasteiger charge is -2.13. The van der Waals surface area contributed by atoms with E-state index in [1.54, 1.807) is 6.92 Å². The lowest BCUT2D eigenvalue weighted by Crippen LogP contribution is -2.08. The number of aliphatic hydroxyl groups is 1. The van der Waals surface area contributed by atoms with Crippen molar-refractivity contribution in [3.05, 3.63) is 35.5 Å². The van der Waals surface area contributed by atoms with Crippen molar-refractivity contribution in [2.75, 3.05) is 0 Å². The first-order valence-electron chi connectivity index (χ1n) is 5.00. The molecule has 2 nitrogen and oxygen atoms in total. The van der Waals surface area contributed by atoms with Gasteiger partial charge < -0.3 is 10.1 Å². The molecule has 2 rings (SSSR count). The number of aryl methyl sites for hydroxylation is 1. The number of hydrogen-bond acceptors (Lipinski definition) is 1. The molecule has 0 saturated carbocycles. The molecule has 0 aliphatic carbocycles. The molecular weight excluding hydrogens is 210 g/mol. The summed E-state index contributed by atoms with van der Waals surface area (Å²) < 4.78 is 0. The van der Waals surface area contributed by atoms with Crippen LogP contribution in [0.5, 0.6) is 0 Å². The summed E-state index contributed by atoms with van der Waals surface area (Å²) in [5.74, 6) is 0. The zero-order chi connectivity index (χ0) is 11.0. The van der Waals surface area contributed by atoms with E-state index in [9.17, 15) is 5.11 Å². The largest absolute Gasteiger partial charge is 0.387 e. The minimum atomic E-state index is -0.622. The molecule has 2 atom stereocenters. The van der Waals surface area contributed by atoms with Crippen molar-refractivity contribution in [3.63, 3.8) is 0 Å². The molecule has 2 N–H and O–H groups in total. The number of nitrogens with one attached hydrogen (secondary N) is 1. The van der Waals surface area contributed by atoms with E-state index >= 15 is 0 Å². The predicted octanol–water partition coefficient (Wildman–Crippen LogP) is 3.14. The molecule has 2 aromatic rings. The van der Waals surface area contributed by atoms with Crippen LogP contribution in [0.4, 0.5) is 0 Å². The van der Waals surface area contributed by atoms with E-state index in [-0.39, 0.29) is 5.38 Å². The van der Waals surface area contributed by atoms with Crippen LogP contribution in [0, 0.1) is 6.92 Å². The molecule has 0 amide bonds. The van der Waals surface area contributed by atoms with Gasteiger partial charge in [0.25, 0.3) is 0 Å². The fourth-order valence-corrected chi connectivity index (χ4v) is 2.04. The van der Waals surface area contributed by atoms with Gasteiger partial charge in [0.15, 0.2) is 0 Å². The quantitative estimate of drug-likeness (QED) is 0.754. The Labute approximate surface area is 93.9 Å². The molecule has 15 heavy (non-hydrogen) atoms. The molecule has 0 aliphatic heterocycles. The second kappa shape index (κ2) is 3.87. The monoisotopic (exact) mass is 223 g/mol. The Morgan fingerprint density at radius 2 is 2.00 bits per heavy atom. The molecule has 0 spiro atoms. The van der Waals surface area contributed by atoms with E-state index in [1.165, 1.54) is 0 Å². The number of hydrogen-bond donors (Lipinski definition) is 2. The summed E-state index contributed by atoms with van der Waals surface area (Å²) in [4.78, 5) is 3.24. The van der Waals surface area contributed by atoms with Crippen molar-refractivity contribution < 1.29 is 5.11 Å². The highest BCUT2D eigenvalue weighted by Crippen LogP contribution is 2.30. The molecule has 0 fully saturated rings. The van der Waals surface area contributed by atoms with Crippen LogP contribution in [0.1, 0.15) is 24.3 Å². The van der Waals surface area contributed by atoms with Crippen LogP contribution in [0.15, 0.2) is 24.3 Å². The lowest BCUT2D eigenvalue weighted by atomic mass is 10.0. The van der Waals surface area contributed by atoms with Crippen molar-refractivity contribution in [1.82, 2.24) is 4.98 Å². The van der Waals surface area contributed by atoms with Gasteiger partial charge in [-0.25, -0.2) is 0 Å². The van der Waals surface area contributed by atoms with Gasteiger partial charge in [0.05, 0.1) is 11.5 Å². The topological polar surface area (TPSA) is 36.0 Å². The molecule has 0 aliphatic rings. The summed E-state index contributed by atoms with van der Waals surface area (Å²) in [6, 6.07) is 7.93. The standard InChI is InChI=1S/C12H14ClNO/c1-7(13)12(15)11-8(2)14-10-6-4-3-5-9(10)11/h3-7,12,14-15H,1-2H3. The Hall–Kier alpha value is -0.990. The van der Waals surface area contributed by atoms with E-state index in [0.29, 0.717) is 0 Å². The van der Waals surface area contributed by atoms with E-state index in [1.807, 2.05) is 31.2 Å². The second-order valence-corrected chi connectivity index (χ2v) is 4.52. The summed E-state index contributed by atoms with van der Waals surface area (Å²) in [6.45, 7) is 3.76. The number of aromatic nitrogens is 1. The Morgan fingerprint density at radius 3 is 2.67 bits per heavy atom. The summed E-state index contributed by atoms with van der Waals surface area (Å²) in [6.07, 6.45) is -0.622. The van der Waals surface area contributed by atoms with Gasteiger partial charge in [-0.1, -0.05) is 18.2 Å². The summed E-state index contributed by atoms with van der Waals surface area (Å²) in [7, 11) is 0. The van der Waals surface area contributed by atoms with Crippen molar-refractivity contribution in [3.8, 4) is 0 Å². The van der Waals surface area contributed by atoms with Gasteiger partial charge in [0, 0.05) is 22.2 Å². The van der Waals surface area contributed by atoms with Crippen LogP contribution in [0.3, 0.4) is 0 Å². The molecule has 1 heterocycles. The number of para-hydroxylation sites is 1. The third kappa shape index (κ3) is 1.75. The number of aliphatic hydroxyl groups excluding tert-OH is 1. The average molecular weight is 224 g/mol. The van der Waals surface area contributed by atoms with Crippen molar-refractivity contribution in [2.45, 2.75) is 25.3 Å². The number of aromatic amines is 1. The number of H-pyrrole nitrogens is 1. The minimum absolute atomic E-state index is 0.289. The van der Waals surface area contributed by atoms with E-state index in [0.717, 1.165) is 22.2 Å². The van der Waals surface area contributed by atoms with Crippen LogP contribution in [-0.2, 0) is 0 Å². The SMILES string of the molecule is Cc1[nH]c2ccccc2c1C(O)C(C)Cl. The summed E-state index contributed by atoms with van der Waals surface area (Å²) >= 11 is 5.93. The van der Waals surface area contributed by atoms with Gasteiger partial charge in [-0.15, -0.1) is 11.6 Å². The highest BCUT2D eigenvalue weighted by molar-refractivity contribution is 6.20. The normalized spacial score (nSPS) is 15.5. The number of halogens is 1. The Kier molecular flexibility index (Phi) is 2.72. The van der Waals surface area contributed by atoms with Crippen LogP contribution < -0.4 is 0 Å². The molecule has 0 saturated heterocycles. The molecule has 2 unspecified atom stereocenters. The van der Waals surface area contributed by atoms with Crippen LogP contribution >= 0.6 is 11.6 Å². The van der Waals surface area contributed by atoms with Crippen LogP contribution in [-0.4, -0.2) is 15.5 Å². The molecule has 1 aromatic carbocycles. The Morgan fingerprint density at radius 1 is 1.33 bits per heavy atom. The summed E-state index contributed by atoms with van der Waals surface area (Å²) in [5.41, 5.74) is 2.94. The number of alkyl halides is 1. The first kappa shape index (κ1) is 10.5. The molecule has 0 radical (unpaired) electrons. The summed E-state index contributed by atoms with van der Waals surface area (Å²) in [5, 5.41) is 10.8. The average Bonchev–Trinajstić information content (AvgIpc) is 2.52. The maximum atomic E-state index is 10.0. The van der Waals surface area contributed by atoms with Crippen molar-refractivity contribution >= 4 is 22.5 Å². The molecular formula is C12H14ClNO. The Bertz CT molecular complexity index is 475. The fraction of sp³-hybridized carbons (Fsp3) is 0.333.